The van der Waals surface area contributed by atoms with Gasteiger partial charge in [-0.3, -0.25) is 14.6 Å². The number of pyridine rings is 1. The SMILES string of the molecule is O=C(Nc1cccnc1)[C@@H]1CSCN1C(=O)c1ccc(Cl)cc1. The molecule has 0 spiro atoms. The first-order valence-electron chi connectivity index (χ1n) is 7.00. The fraction of sp³-hybridized carbons (Fsp3) is 0.188. The largest absolute Gasteiger partial charge is 0.323 e. The summed E-state index contributed by atoms with van der Waals surface area (Å²) in [6.45, 7) is 0. The summed E-state index contributed by atoms with van der Waals surface area (Å²) in [7, 11) is 0. The lowest BCUT2D eigenvalue weighted by Crippen LogP contribution is -2.44. The van der Waals surface area contributed by atoms with E-state index in [1.54, 1.807) is 65.5 Å². The number of halogens is 1. The zero-order chi connectivity index (χ0) is 16.2. The van der Waals surface area contributed by atoms with Gasteiger partial charge >= 0.3 is 0 Å². The van der Waals surface area contributed by atoms with Gasteiger partial charge in [-0.25, -0.2) is 0 Å². The second-order valence-corrected chi connectivity index (χ2v) is 6.46. The van der Waals surface area contributed by atoms with E-state index in [0.29, 0.717) is 27.9 Å². The van der Waals surface area contributed by atoms with Crippen molar-refractivity contribution < 1.29 is 9.59 Å². The summed E-state index contributed by atoms with van der Waals surface area (Å²) >= 11 is 7.40. The Kier molecular flexibility index (Phi) is 4.83. The van der Waals surface area contributed by atoms with E-state index in [4.69, 9.17) is 11.6 Å². The Morgan fingerprint density at radius 3 is 2.74 bits per heavy atom. The second-order valence-electron chi connectivity index (χ2n) is 5.03. The highest BCUT2D eigenvalue weighted by Crippen LogP contribution is 2.24. The number of hydrogen-bond donors (Lipinski definition) is 1. The van der Waals surface area contributed by atoms with Gasteiger partial charge in [-0.15, -0.1) is 11.8 Å². The van der Waals surface area contributed by atoms with Gasteiger partial charge in [0.25, 0.3) is 5.91 Å². The van der Waals surface area contributed by atoms with Crippen molar-refractivity contribution in [3.63, 3.8) is 0 Å². The molecule has 1 N–H and O–H groups in total. The molecule has 1 saturated heterocycles. The predicted octanol–water partition coefficient (Wildman–Crippen LogP) is 2.89. The number of anilines is 1. The van der Waals surface area contributed by atoms with Crippen LogP contribution in [0.4, 0.5) is 5.69 Å². The number of nitrogens with zero attached hydrogens (tertiary/aromatic N) is 2. The third-order valence-corrected chi connectivity index (χ3v) is 4.73. The monoisotopic (exact) mass is 347 g/mol. The maximum absolute atomic E-state index is 12.6. The molecule has 1 aromatic heterocycles. The van der Waals surface area contributed by atoms with Gasteiger partial charge in [0.15, 0.2) is 0 Å². The second kappa shape index (κ2) is 7.02. The molecule has 2 amide bonds. The molecule has 0 bridgehead atoms. The van der Waals surface area contributed by atoms with E-state index < -0.39 is 6.04 Å². The van der Waals surface area contributed by atoms with Crippen LogP contribution in [0.2, 0.25) is 5.02 Å². The summed E-state index contributed by atoms with van der Waals surface area (Å²) in [6, 6.07) is 9.69. The van der Waals surface area contributed by atoms with E-state index in [-0.39, 0.29) is 11.8 Å². The van der Waals surface area contributed by atoms with Crippen LogP contribution in [0.15, 0.2) is 48.8 Å². The van der Waals surface area contributed by atoms with Crippen LogP contribution >= 0.6 is 23.4 Å². The molecule has 1 fully saturated rings. The molecule has 23 heavy (non-hydrogen) atoms. The fourth-order valence-electron chi connectivity index (χ4n) is 2.28. The molecule has 0 unspecified atom stereocenters. The van der Waals surface area contributed by atoms with Crippen molar-refractivity contribution >= 4 is 40.9 Å². The van der Waals surface area contributed by atoms with Crippen molar-refractivity contribution in [3.05, 3.63) is 59.4 Å². The van der Waals surface area contributed by atoms with Gasteiger partial charge in [0.05, 0.1) is 17.8 Å². The molecule has 0 radical (unpaired) electrons. The molecule has 3 rings (SSSR count). The van der Waals surface area contributed by atoms with Gasteiger partial charge in [0, 0.05) is 22.5 Å². The summed E-state index contributed by atoms with van der Waals surface area (Å²) in [4.78, 5) is 30.6. The fourth-order valence-corrected chi connectivity index (χ4v) is 3.56. The first-order valence-corrected chi connectivity index (χ1v) is 8.53. The Morgan fingerprint density at radius 2 is 2.04 bits per heavy atom. The predicted molar refractivity (Wildman–Crippen MR) is 91.6 cm³/mol. The van der Waals surface area contributed by atoms with Crippen LogP contribution in [0, 0.1) is 0 Å². The summed E-state index contributed by atoms with van der Waals surface area (Å²) < 4.78 is 0. The number of carbonyl (C=O) groups is 2. The third kappa shape index (κ3) is 3.65. The number of rotatable bonds is 3. The topological polar surface area (TPSA) is 62.3 Å². The van der Waals surface area contributed by atoms with Gasteiger partial charge in [-0.2, -0.15) is 0 Å². The smallest absolute Gasteiger partial charge is 0.255 e. The lowest BCUT2D eigenvalue weighted by Gasteiger charge is -2.23. The minimum absolute atomic E-state index is 0.169. The number of thioether (sulfide) groups is 1. The van der Waals surface area contributed by atoms with Crippen molar-refractivity contribution in [2.75, 3.05) is 16.9 Å². The minimum Gasteiger partial charge on any atom is -0.323 e. The van der Waals surface area contributed by atoms with Crippen LogP contribution in [0.5, 0.6) is 0 Å². The van der Waals surface area contributed by atoms with E-state index >= 15 is 0 Å². The number of amides is 2. The van der Waals surface area contributed by atoms with Crippen molar-refractivity contribution in [2.45, 2.75) is 6.04 Å². The lowest BCUT2D eigenvalue weighted by atomic mass is 10.1. The highest BCUT2D eigenvalue weighted by Gasteiger charge is 2.35. The van der Waals surface area contributed by atoms with Gasteiger partial charge in [-0.1, -0.05) is 11.6 Å². The van der Waals surface area contributed by atoms with Crippen molar-refractivity contribution in [3.8, 4) is 0 Å². The molecular weight excluding hydrogens is 334 g/mol. The summed E-state index contributed by atoms with van der Waals surface area (Å²) in [5.41, 5.74) is 1.14. The summed E-state index contributed by atoms with van der Waals surface area (Å²) in [6.07, 6.45) is 3.21. The molecule has 7 heteroatoms. The van der Waals surface area contributed by atoms with Gasteiger partial charge < -0.3 is 10.2 Å². The Labute approximate surface area is 143 Å². The van der Waals surface area contributed by atoms with Crippen LogP contribution in [-0.2, 0) is 4.79 Å². The Balaban J connectivity index is 1.73. The third-order valence-electron chi connectivity index (χ3n) is 3.47. The van der Waals surface area contributed by atoms with Crippen LogP contribution in [-0.4, -0.2) is 39.4 Å². The molecule has 0 aliphatic carbocycles. The standard InChI is InChI=1S/C16H14ClN3O2S/c17-12-5-3-11(4-6-12)16(22)20-10-23-9-14(20)15(21)19-13-2-1-7-18-8-13/h1-8,14H,9-10H2,(H,19,21)/t14-/m0/s1. The summed E-state index contributed by atoms with van der Waals surface area (Å²) in [5, 5.41) is 3.37. The highest BCUT2D eigenvalue weighted by molar-refractivity contribution is 7.99. The van der Waals surface area contributed by atoms with Gasteiger partial charge in [0.1, 0.15) is 6.04 Å². The van der Waals surface area contributed by atoms with Crippen molar-refractivity contribution in [1.82, 2.24) is 9.88 Å². The molecule has 1 aromatic carbocycles. The van der Waals surface area contributed by atoms with Gasteiger partial charge in [-0.05, 0) is 36.4 Å². The first-order chi connectivity index (χ1) is 11.1. The van der Waals surface area contributed by atoms with Crippen LogP contribution in [0.3, 0.4) is 0 Å². The Morgan fingerprint density at radius 1 is 1.26 bits per heavy atom. The number of nitrogens with one attached hydrogen (secondary N) is 1. The molecule has 1 atom stereocenters. The quantitative estimate of drug-likeness (QED) is 0.927. The van der Waals surface area contributed by atoms with Crippen molar-refractivity contribution in [2.24, 2.45) is 0 Å². The Bertz CT molecular complexity index is 709. The van der Waals surface area contributed by atoms with Crippen LogP contribution in [0.1, 0.15) is 10.4 Å². The average Bonchev–Trinajstić information content (AvgIpc) is 3.05. The van der Waals surface area contributed by atoms with E-state index in [2.05, 4.69) is 10.3 Å². The molecule has 2 heterocycles. The molecule has 118 valence electrons. The minimum atomic E-state index is -0.497. The van der Waals surface area contributed by atoms with E-state index in [1.807, 2.05) is 0 Å². The number of benzene rings is 1. The maximum atomic E-state index is 12.6. The van der Waals surface area contributed by atoms with Crippen LogP contribution in [0.25, 0.3) is 0 Å². The first kappa shape index (κ1) is 15.8. The number of hydrogen-bond acceptors (Lipinski definition) is 4. The number of aromatic nitrogens is 1. The van der Waals surface area contributed by atoms with E-state index in [0.717, 1.165) is 0 Å². The zero-order valence-corrected chi connectivity index (χ0v) is 13.7. The summed E-state index contributed by atoms with van der Waals surface area (Å²) in [5.74, 6) is 0.696. The van der Waals surface area contributed by atoms with Gasteiger partial charge in [0.2, 0.25) is 5.91 Å². The molecule has 2 aromatic rings. The maximum Gasteiger partial charge on any atom is 0.255 e. The molecule has 1 aliphatic rings. The normalized spacial score (nSPS) is 17.1. The van der Waals surface area contributed by atoms with Crippen molar-refractivity contribution in [1.29, 1.82) is 0 Å². The molecular formula is C16H14ClN3O2S. The van der Waals surface area contributed by atoms with Crippen LogP contribution < -0.4 is 5.32 Å². The van der Waals surface area contributed by atoms with E-state index in [1.165, 1.54) is 0 Å². The Hall–Kier alpha value is -2.05. The lowest BCUT2D eigenvalue weighted by molar-refractivity contribution is -0.119. The molecule has 1 aliphatic heterocycles. The molecule has 5 nitrogen and oxygen atoms in total. The zero-order valence-electron chi connectivity index (χ0n) is 12.1. The highest BCUT2D eigenvalue weighted by atomic mass is 35.5. The van der Waals surface area contributed by atoms with E-state index in [9.17, 15) is 9.59 Å². The average molecular weight is 348 g/mol. The molecule has 0 saturated carbocycles. The number of carbonyl (C=O) groups excluding carboxylic acids is 2.